The maximum Gasteiger partial charge on any atom is 0.255 e. The summed E-state index contributed by atoms with van der Waals surface area (Å²) in [5.41, 5.74) is 0.446. The van der Waals surface area contributed by atoms with Crippen molar-refractivity contribution in [2.45, 2.75) is 0 Å². The highest BCUT2D eigenvalue weighted by Gasteiger charge is 2.25. The number of hydrogen-bond donors (Lipinski definition) is 0. The van der Waals surface area contributed by atoms with E-state index in [9.17, 15) is 9.59 Å². The van der Waals surface area contributed by atoms with Gasteiger partial charge in [-0.1, -0.05) is 23.2 Å². The number of Topliss-reactive ketones (excluding diaryl/α,β-unsaturated/α-hetero) is 1. The van der Waals surface area contributed by atoms with Crippen LogP contribution in [0.2, 0.25) is 10.0 Å². The molecule has 0 bridgehead atoms. The van der Waals surface area contributed by atoms with Gasteiger partial charge in [0.1, 0.15) is 0 Å². The minimum atomic E-state index is -0.117. The summed E-state index contributed by atoms with van der Waals surface area (Å²) in [5.74, 6) is 0.190. The van der Waals surface area contributed by atoms with Crippen LogP contribution in [0.1, 0.15) is 20.9 Å². The summed E-state index contributed by atoms with van der Waals surface area (Å²) in [7, 11) is 0. The van der Waals surface area contributed by atoms with Crippen LogP contribution in [0, 0.1) is 0 Å². The van der Waals surface area contributed by atoms with Gasteiger partial charge >= 0.3 is 0 Å². The predicted octanol–water partition coefficient (Wildman–Crippen LogP) is 3.23. The Balaban J connectivity index is 1.56. The van der Waals surface area contributed by atoms with Gasteiger partial charge in [-0.2, -0.15) is 0 Å². The van der Waals surface area contributed by atoms with E-state index in [-0.39, 0.29) is 18.2 Å². The van der Waals surface area contributed by atoms with Crippen LogP contribution >= 0.6 is 23.2 Å². The van der Waals surface area contributed by atoms with Crippen LogP contribution in [0.25, 0.3) is 0 Å². The molecule has 1 saturated heterocycles. The number of amides is 1. The quantitative estimate of drug-likeness (QED) is 0.779. The van der Waals surface area contributed by atoms with Gasteiger partial charge in [0.2, 0.25) is 5.78 Å². The van der Waals surface area contributed by atoms with Gasteiger partial charge in [-0.3, -0.25) is 14.5 Å². The van der Waals surface area contributed by atoms with E-state index < -0.39 is 0 Å². The molecule has 0 atom stereocenters. The molecule has 3 rings (SSSR count). The molecule has 1 amide bonds. The fraction of sp³-hybridized carbons (Fsp3) is 0.294. The molecule has 1 aromatic heterocycles. The number of halogens is 2. The van der Waals surface area contributed by atoms with Gasteiger partial charge in [0.25, 0.3) is 5.91 Å². The van der Waals surface area contributed by atoms with Crippen molar-refractivity contribution in [1.82, 2.24) is 9.80 Å². The lowest BCUT2D eigenvalue weighted by Gasteiger charge is -2.34. The first-order valence-corrected chi connectivity index (χ1v) is 8.33. The first-order valence-electron chi connectivity index (χ1n) is 7.58. The van der Waals surface area contributed by atoms with Gasteiger partial charge in [-0.05, 0) is 30.3 Å². The third-order valence-electron chi connectivity index (χ3n) is 3.98. The number of rotatable bonds is 4. The molecule has 2 heterocycles. The highest BCUT2D eigenvalue weighted by atomic mass is 35.5. The van der Waals surface area contributed by atoms with E-state index in [2.05, 4.69) is 0 Å². The first kappa shape index (κ1) is 17.0. The summed E-state index contributed by atoms with van der Waals surface area (Å²) in [5, 5.41) is 0.848. The number of nitrogens with zero attached hydrogens (tertiary/aromatic N) is 2. The van der Waals surface area contributed by atoms with Crippen molar-refractivity contribution in [2.75, 3.05) is 32.7 Å². The zero-order valence-corrected chi connectivity index (χ0v) is 14.4. The van der Waals surface area contributed by atoms with Gasteiger partial charge in [0, 0.05) is 31.2 Å². The van der Waals surface area contributed by atoms with E-state index in [4.69, 9.17) is 27.6 Å². The van der Waals surface area contributed by atoms with E-state index in [0.29, 0.717) is 47.5 Å². The molecular weight excluding hydrogens is 351 g/mol. The standard InChI is InChI=1S/C17H16Cl2N2O3/c18-12-3-4-13(14(19)10-12)17(23)21-7-5-20(6-8-21)11-15(22)16-2-1-9-24-16/h1-4,9-10H,5-8,11H2. The Hall–Kier alpha value is -1.82. The molecule has 1 fully saturated rings. The number of furan rings is 1. The van der Waals surface area contributed by atoms with E-state index in [1.807, 2.05) is 4.90 Å². The number of benzene rings is 1. The minimum absolute atomic E-state index is 0.0551. The molecule has 0 aliphatic carbocycles. The van der Waals surface area contributed by atoms with Crippen LogP contribution < -0.4 is 0 Å². The third kappa shape index (κ3) is 3.80. The summed E-state index contributed by atoms with van der Waals surface area (Å²) in [4.78, 5) is 28.3. The molecule has 0 unspecified atom stereocenters. The lowest BCUT2D eigenvalue weighted by Crippen LogP contribution is -2.49. The van der Waals surface area contributed by atoms with Crippen LogP contribution in [-0.4, -0.2) is 54.2 Å². The average molecular weight is 367 g/mol. The SMILES string of the molecule is O=C(CN1CCN(C(=O)c2ccc(Cl)cc2Cl)CC1)c1ccco1. The van der Waals surface area contributed by atoms with Gasteiger partial charge in [0.05, 0.1) is 23.4 Å². The summed E-state index contributed by atoms with van der Waals surface area (Å²) in [6.07, 6.45) is 1.49. The summed E-state index contributed by atoms with van der Waals surface area (Å²) < 4.78 is 5.11. The number of carbonyl (C=O) groups excluding carboxylic acids is 2. The van der Waals surface area contributed by atoms with Gasteiger partial charge in [-0.15, -0.1) is 0 Å². The molecule has 0 saturated carbocycles. The topological polar surface area (TPSA) is 53.8 Å². The van der Waals surface area contributed by atoms with E-state index in [0.717, 1.165) is 0 Å². The summed E-state index contributed by atoms with van der Waals surface area (Å²) in [6.45, 7) is 2.64. The summed E-state index contributed by atoms with van der Waals surface area (Å²) >= 11 is 12.0. The molecule has 1 aliphatic rings. The Morgan fingerprint density at radius 2 is 1.83 bits per heavy atom. The van der Waals surface area contributed by atoms with Crippen molar-refractivity contribution >= 4 is 34.9 Å². The van der Waals surface area contributed by atoms with Gasteiger partial charge in [-0.25, -0.2) is 0 Å². The molecular formula is C17H16Cl2N2O3. The number of piperazine rings is 1. The van der Waals surface area contributed by atoms with Crippen LogP contribution in [0.4, 0.5) is 0 Å². The third-order valence-corrected chi connectivity index (χ3v) is 4.53. The molecule has 5 nitrogen and oxygen atoms in total. The zero-order valence-electron chi connectivity index (χ0n) is 12.9. The Bertz CT molecular complexity index is 738. The fourth-order valence-corrected chi connectivity index (χ4v) is 3.15. The number of carbonyl (C=O) groups is 2. The van der Waals surface area contributed by atoms with Crippen molar-refractivity contribution in [3.05, 3.63) is 58.0 Å². The highest BCUT2D eigenvalue weighted by Crippen LogP contribution is 2.22. The molecule has 2 aromatic rings. The second kappa shape index (κ2) is 7.38. The van der Waals surface area contributed by atoms with Gasteiger partial charge < -0.3 is 9.32 Å². The highest BCUT2D eigenvalue weighted by molar-refractivity contribution is 6.36. The van der Waals surface area contributed by atoms with Crippen LogP contribution in [0.15, 0.2) is 41.0 Å². The Labute approximate surface area is 149 Å². The van der Waals surface area contributed by atoms with Crippen LogP contribution in [0.5, 0.6) is 0 Å². The zero-order chi connectivity index (χ0) is 17.1. The summed E-state index contributed by atoms with van der Waals surface area (Å²) in [6, 6.07) is 8.21. The average Bonchev–Trinajstić information content (AvgIpc) is 3.09. The van der Waals surface area contributed by atoms with Crippen LogP contribution in [0.3, 0.4) is 0 Å². The molecule has 0 spiro atoms. The molecule has 0 radical (unpaired) electrons. The monoisotopic (exact) mass is 366 g/mol. The Kier molecular flexibility index (Phi) is 5.23. The second-order valence-corrected chi connectivity index (χ2v) is 6.44. The first-order chi connectivity index (χ1) is 11.5. The molecule has 24 heavy (non-hydrogen) atoms. The van der Waals surface area contributed by atoms with Crippen molar-refractivity contribution in [1.29, 1.82) is 0 Å². The second-order valence-electron chi connectivity index (χ2n) is 5.59. The van der Waals surface area contributed by atoms with Gasteiger partial charge in [0.15, 0.2) is 5.76 Å². The van der Waals surface area contributed by atoms with E-state index in [1.54, 1.807) is 35.2 Å². The maximum atomic E-state index is 12.5. The Morgan fingerprint density at radius 3 is 2.46 bits per heavy atom. The lowest BCUT2D eigenvalue weighted by molar-refractivity contribution is 0.0620. The van der Waals surface area contributed by atoms with E-state index in [1.165, 1.54) is 6.26 Å². The molecule has 1 aliphatic heterocycles. The predicted molar refractivity (Wildman–Crippen MR) is 91.8 cm³/mol. The van der Waals surface area contributed by atoms with Crippen molar-refractivity contribution < 1.29 is 14.0 Å². The van der Waals surface area contributed by atoms with Crippen LogP contribution in [-0.2, 0) is 0 Å². The van der Waals surface area contributed by atoms with Crippen molar-refractivity contribution in [3.63, 3.8) is 0 Å². The lowest BCUT2D eigenvalue weighted by atomic mass is 10.1. The molecule has 1 aromatic carbocycles. The van der Waals surface area contributed by atoms with Crippen molar-refractivity contribution in [3.8, 4) is 0 Å². The minimum Gasteiger partial charge on any atom is -0.461 e. The van der Waals surface area contributed by atoms with Crippen molar-refractivity contribution in [2.24, 2.45) is 0 Å². The Morgan fingerprint density at radius 1 is 1.08 bits per heavy atom. The maximum absolute atomic E-state index is 12.5. The fourth-order valence-electron chi connectivity index (χ4n) is 2.66. The van der Waals surface area contributed by atoms with E-state index >= 15 is 0 Å². The molecule has 126 valence electrons. The largest absolute Gasteiger partial charge is 0.461 e. The number of ketones is 1. The number of hydrogen-bond acceptors (Lipinski definition) is 4. The smallest absolute Gasteiger partial charge is 0.255 e. The molecule has 0 N–H and O–H groups in total. The molecule has 7 heteroatoms. The normalized spacial score (nSPS) is 15.5.